The van der Waals surface area contributed by atoms with Crippen LogP contribution in [0.1, 0.15) is 36.4 Å². The second-order valence-electron chi connectivity index (χ2n) is 6.92. The maximum atomic E-state index is 13.4. The van der Waals surface area contributed by atoms with E-state index in [4.69, 9.17) is 0 Å². The van der Waals surface area contributed by atoms with Crippen molar-refractivity contribution in [3.05, 3.63) is 28.0 Å². The zero-order valence-electron chi connectivity index (χ0n) is 14.8. The van der Waals surface area contributed by atoms with Crippen molar-refractivity contribution in [2.45, 2.75) is 50.4 Å². The number of carbonyl (C=O) groups is 1. The first kappa shape index (κ1) is 19.5. The summed E-state index contributed by atoms with van der Waals surface area (Å²) in [6, 6.07) is -0.981. The van der Waals surface area contributed by atoms with Crippen molar-refractivity contribution in [3.8, 4) is 0 Å². The molecule has 3 atom stereocenters. The average Bonchev–Trinajstić information content (AvgIpc) is 3.34. The lowest BCUT2D eigenvalue weighted by atomic mass is 10.0. The number of likely N-dealkylation sites (tertiary alicyclic amines) is 1. The standard InChI is InChI=1S/C15H15F5N6O3/c16-7-4-24(5-8(7)17)12(27)9-2-1-3-10-22-25(14(28)26(9)10)6-11-21-13(23-29-11)15(18,19)20/h7-9H,1-6H2/t7-,8+,9-/m0/s1. The van der Waals surface area contributed by atoms with Crippen LogP contribution in [0, 0.1) is 0 Å². The van der Waals surface area contributed by atoms with E-state index in [0.717, 1.165) is 14.1 Å². The van der Waals surface area contributed by atoms with Gasteiger partial charge < -0.3 is 9.42 Å². The lowest BCUT2D eigenvalue weighted by Gasteiger charge is -2.26. The van der Waals surface area contributed by atoms with Crippen molar-refractivity contribution in [1.82, 2.24) is 29.4 Å². The summed E-state index contributed by atoms with van der Waals surface area (Å²) in [5.74, 6) is -2.29. The van der Waals surface area contributed by atoms with Gasteiger partial charge in [-0.15, -0.1) is 0 Å². The van der Waals surface area contributed by atoms with E-state index in [1.165, 1.54) is 0 Å². The van der Waals surface area contributed by atoms with Gasteiger partial charge in [0.15, 0.2) is 12.3 Å². The van der Waals surface area contributed by atoms with Gasteiger partial charge in [-0.05, 0) is 12.8 Å². The number of hydrogen-bond acceptors (Lipinski definition) is 6. The van der Waals surface area contributed by atoms with Crippen molar-refractivity contribution in [2.24, 2.45) is 0 Å². The topological polar surface area (TPSA) is 99.0 Å². The quantitative estimate of drug-likeness (QED) is 0.682. The van der Waals surface area contributed by atoms with Crippen LogP contribution in [0.5, 0.6) is 0 Å². The Hall–Kier alpha value is -2.80. The molecule has 0 spiro atoms. The van der Waals surface area contributed by atoms with E-state index in [1.54, 1.807) is 0 Å². The van der Waals surface area contributed by atoms with Gasteiger partial charge >= 0.3 is 11.9 Å². The molecule has 0 aromatic carbocycles. The molecule has 0 N–H and O–H groups in total. The predicted octanol–water partition coefficient (Wildman–Crippen LogP) is 0.891. The zero-order chi connectivity index (χ0) is 20.9. The summed E-state index contributed by atoms with van der Waals surface area (Å²) < 4.78 is 71.1. The number of rotatable bonds is 3. The van der Waals surface area contributed by atoms with Gasteiger partial charge in [0.05, 0.1) is 13.1 Å². The van der Waals surface area contributed by atoms with Crippen LogP contribution in [0.3, 0.4) is 0 Å². The second kappa shape index (κ2) is 6.91. The highest BCUT2D eigenvalue weighted by Gasteiger charge is 2.41. The van der Waals surface area contributed by atoms with Crippen LogP contribution >= 0.6 is 0 Å². The molecule has 4 heterocycles. The highest BCUT2D eigenvalue weighted by Crippen LogP contribution is 2.28. The minimum absolute atomic E-state index is 0.253. The van der Waals surface area contributed by atoms with E-state index >= 15 is 0 Å². The summed E-state index contributed by atoms with van der Waals surface area (Å²) in [6.07, 6.45) is -7.20. The van der Waals surface area contributed by atoms with E-state index in [1.807, 2.05) is 0 Å². The van der Waals surface area contributed by atoms with E-state index in [2.05, 4.69) is 19.8 Å². The fourth-order valence-corrected chi connectivity index (χ4v) is 3.55. The largest absolute Gasteiger partial charge is 0.455 e. The van der Waals surface area contributed by atoms with Crippen molar-refractivity contribution >= 4 is 5.91 Å². The molecule has 4 rings (SSSR count). The molecule has 2 aromatic rings. The first-order chi connectivity index (χ1) is 13.6. The third-order valence-electron chi connectivity index (χ3n) is 4.92. The molecule has 0 saturated carbocycles. The minimum Gasteiger partial charge on any atom is -0.337 e. The Labute approximate surface area is 159 Å². The molecule has 14 heteroatoms. The summed E-state index contributed by atoms with van der Waals surface area (Å²) in [7, 11) is 0. The lowest BCUT2D eigenvalue weighted by molar-refractivity contribution is -0.146. The van der Waals surface area contributed by atoms with Gasteiger partial charge in [0, 0.05) is 6.42 Å². The molecule has 0 radical (unpaired) electrons. The first-order valence-electron chi connectivity index (χ1n) is 8.80. The Kier molecular flexibility index (Phi) is 4.65. The molecular weight excluding hydrogens is 407 g/mol. The van der Waals surface area contributed by atoms with Crippen LogP contribution in [-0.2, 0) is 23.9 Å². The smallest absolute Gasteiger partial charge is 0.337 e. The second-order valence-corrected chi connectivity index (χ2v) is 6.92. The molecule has 9 nitrogen and oxygen atoms in total. The number of nitrogens with zero attached hydrogens (tertiary/aromatic N) is 6. The predicted molar refractivity (Wildman–Crippen MR) is 83.2 cm³/mol. The summed E-state index contributed by atoms with van der Waals surface area (Å²) >= 11 is 0. The SMILES string of the molecule is O=C([C@@H]1CCCc2nn(Cc3nc(C(F)(F)F)no3)c(=O)n21)N1C[C@@H](F)[C@@H](F)C1. The van der Waals surface area contributed by atoms with Crippen LogP contribution in [0.2, 0.25) is 0 Å². The Morgan fingerprint density at radius 1 is 1.21 bits per heavy atom. The van der Waals surface area contributed by atoms with Crippen LogP contribution in [0.4, 0.5) is 22.0 Å². The van der Waals surface area contributed by atoms with Crippen LogP contribution < -0.4 is 5.69 Å². The van der Waals surface area contributed by atoms with E-state index < -0.39 is 67.5 Å². The Balaban J connectivity index is 1.59. The number of halogens is 5. The van der Waals surface area contributed by atoms with Crippen molar-refractivity contribution in [1.29, 1.82) is 0 Å². The van der Waals surface area contributed by atoms with Gasteiger partial charge in [0.2, 0.25) is 11.8 Å². The average molecular weight is 422 g/mol. The van der Waals surface area contributed by atoms with Gasteiger partial charge in [-0.2, -0.15) is 23.3 Å². The van der Waals surface area contributed by atoms with Gasteiger partial charge in [-0.3, -0.25) is 9.36 Å². The third kappa shape index (κ3) is 3.51. The molecule has 2 aliphatic rings. The molecule has 0 unspecified atom stereocenters. The van der Waals surface area contributed by atoms with Gasteiger partial charge in [-0.25, -0.2) is 18.3 Å². The van der Waals surface area contributed by atoms with Gasteiger partial charge in [0.1, 0.15) is 18.4 Å². The highest BCUT2D eigenvalue weighted by atomic mass is 19.4. The fraction of sp³-hybridized carbons (Fsp3) is 0.667. The summed E-state index contributed by atoms with van der Waals surface area (Å²) in [6.45, 7) is -1.29. The summed E-state index contributed by atoms with van der Waals surface area (Å²) in [5.41, 5.74) is -0.752. The van der Waals surface area contributed by atoms with Crippen molar-refractivity contribution in [3.63, 3.8) is 0 Å². The Bertz CT molecular complexity index is 972. The number of hydrogen-bond donors (Lipinski definition) is 0. The number of carbonyl (C=O) groups excluding carboxylic acids is 1. The van der Waals surface area contributed by atoms with Gasteiger partial charge in [0.25, 0.3) is 5.82 Å². The number of amides is 1. The molecule has 1 fully saturated rings. The molecule has 158 valence electrons. The number of alkyl halides is 5. The Morgan fingerprint density at radius 3 is 2.52 bits per heavy atom. The molecule has 1 amide bonds. The third-order valence-corrected chi connectivity index (χ3v) is 4.92. The Morgan fingerprint density at radius 2 is 1.90 bits per heavy atom. The zero-order valence-corrected chi connectivity index (χ0v) is 14.8. The minimum atomic E-state index is -4.80. The van der Waals surface area contributed by atoms with Gasteiger partial charge in [-0.1, -0.05) is 5.16 Å². The van der Waals surface area contributed by atoms with Crippen LogP contribution in [0.15, 0.2) is 9.32 Å². The van der Waals surface area contributed by atoms with Crippen molar-refractivity contribution < 1.29 is 31.3 Å². The monoisotopic (exact) mass is 422 g/mol. The van der Waals surface area contributed by atoms with Crippen LogP contribution in [-0.4, -0.2) is 60.7 Å². The first-order valence-corrected chi connectivity index (χ1v) is 8.80. The summed E-state index contributed by atoms with van der Waals surface area (Å²) in [5, 5.41) is 6.86. The number of aryl methyl sites for hydroxylation is 1. The molecule has 1 saturated heterocycles. The van der Waals surface area contributed by atoms with E-state index in [0.29, 0.717) is 12.8 Å². The van der Waals surface area contributed by atoms with E-state index in [-0.39, 0.29) is 12.2 Å². The fourth-order valence-electron chi connectivity index (χ4n) is 3.55. The number of aromatic nitrogens is 5. The maximum Gasteiger partial charge on any atom is 0.455 e. The normalized spacial score (nSPS) is 24.7. The summed E-state index contributed by atoms with van der Waals surface area (Å²) in [4.78, 5) is 29.7. The molecule has 2 aliphatic heterocycles. The highest BCUT2D eigenvalue weighted by molar-refractivity contribution is 5.81. The number of fused-ring (bicyclic) bond motifs is 1. The lowest BCUT2D eigenvalue weighted by Crippen LogP contribution is -2.42. The molecule has 0 aliphatic carbocycles. The molecule has 29 heavy (non-hydrogen) atoms. The molecule has 0 bridgehead atoms. The van der Waals surface area contributed by atoms with Crippen LogP contribution in [0.25, 0.3) is 0 Å². The molecular formula is C15H15F5N6O3. The molecule has 2 aromatic heterocycles. The maximum absolute atomic E-state index is 13.4. The van der Waals surface area contributed by atoms with Crippen molar-refractivity contribution in [2.75, 3.05) is 13.1 Å². The van der Waals surface area contributed by atoms with E-state index in [9.17, 15) is 31.5 Å².